The SMILES string of the molecule is COc1cc(CC2(N)CC2)cc2c1NC(=O)C2. The normalized spacial score (nSPS) is 19.8. The van der Waals surface area contributed by atoms with E-state index >= 15 is 0 Å². The third kappa shape index (κ3) is 1.89. The van der Waals surface area contributed by atoms with Crippen LogP contribution in [0.1, 0.15) is 24.0 Å². The van der Waals surface area contributed by atoms with E-state index in [-0.39, 0.29) is 11.4 Å². The van der Waals surface area contributed by atoms with Gasteiger partial charge in [0.1, 0.15) is 5.75 Å². The lowest BCUT2D eigenvalue weighted by Crippen LogP contribution is -2.24. The van der Waals surface area contributed by atoms with Crippen LogP contribution in [-0.2, 0) is 17.6 Å². The van der Waals surface area contributed by atoms with Crippen molar-refractivity contribution >= 4 is 11.6 Å². The number of hydrogen-bond acceptors (Lipinski definition) is 3. The first-order valence-electron chi connectivity index (χ1n) is 5.88. The molecule has 3 N–H and O–H groups in total. The summed E-state index contributed by atoms with van der Waals surface area (Å²) in [6.07, 6.45) is 3.48. The van der Waals surface area contributed by atoms with Crippen LogP contribution in [0.3, 0.4) is 0 Å². The Hall–Kier alpha value is -1.55. The van der Waals surface area contributed by atoms with E-state index in [1.807, 2.05) is 6.07 Å². The number of nitrogens with two attached hydrogens (primary N) is 1. The van der Waals surface area contributed by atoms with Crippen LogP contribution in [0, 0.1) is 0 Å². The Morgan fingerprint density at radius 1 is 1.47 bits per heavy atom. The number of methoxy groups -OCH3 is 1. The van der Waals surface area contributed by atoms with Gasteiger partial charge in [0.15, 0.2) is 0 Å². The predicted octanol–water partition coefficient (Wildman–Crippen LogP) is 1.22. The van der Waals surface area contributed by atoms with Crippen LogP contribution in [0.5, 0.6) is 5.75 Å². The first kappa shape index (κ1) is 10.6. The lowest BCUT2D eigenvalue weighted by molar-refractivity contribution is -0.115. The summed E-state index contributed by atoms with van der Waals surface area (Å²) in [5, 5.41) is 2.83. The maximum Gasteiger partial charge on any atom is 0.228 e. The van der Waals surface area contributed by atoms with Gasteiger partial charge in [-0.1, -0.05) is 6.07 Å². The van der Waals surface area contributed by atoms with E-state index in [1.54, 1.807) is 7.11 Å². The zero-order valence-corrected chi connectivity index (χ0v) is 9.88. The zero-order chi connectivity index (χ0) is 12.0. The largest absolute Gasteiger partial charge is 0.495 e. The van der Waals surface area contributed by atoms with Crippen molar-refractivity contribution in [2.24, 2.45) is 5.73 Å². The molecule has 1 heterocycles. The Bertz CT molecular complexity index is 492. The number of carbonyl (C=O) groups is 1. The molecule has 3 rings (SSSR count). The Labute approximate surface area is 100 Å². The molecule has 17 heavy (non-hydrogen) atoms. The van der Waals surface area contributed by atoms with Crippen LogP contribution in [0.4, 0.5) is 5.69 Å². The Kier molecular flexibility index (Phi) is 2.16. The molecule has 0 radical (unpaired) electrons. The summed E-state index contributed by atoms with van der Waals surface area (Å²) < 4.78 is 5.33. The van der Waals surface area contributed by atoms with Gasteiger partial charge in [0.2, 0.25) is 5.91 Å². The Morgan fingerprint density at radius 2 is 2.24 bits per heavy atom. The second-order valence-corrected chi connectivity index (χ2v) is 5.10. The van der Waals surface area contributed by atoms with Gasteiger partial charge in [0, 0.05) is 5.54 Å². The molecule has 4 nitrogen and oxygen atoms in total. The first-order chi connectivity index (χ1) is 8.09. The first-order valence-corrected chi connectivity index (χ1v) is 5.88. The van der Waals surface area contributed by atoms with Crippen molar-refractivity contribution in [2.45, 2.75) is 31.2 Å². The van der Waals surface area contributed by atoms with Crippen LogP contribution in [0.2, 0.25) is 0 Å². The molecular formula is C13H16N2O2. The summed E-state index contributed by atoms with van der Waals surface area (Å²) in [5.41, 5.74) is 9.11. The molecule has 0 bridgehead atoms. The molecule has 1 fully saturated rings. The second-order valence-electron chi connectivity index (χ2n) is 5.10. The van der Waals surface area contributed by atoms with E-state index in [9.17, 15) is 4.79 Å². The molecular weight excluding hydrogens is 216 g/mol. The smallest absolute Gasteiger partial charge is 0.228 e. The number of fused-ring (bicyclic) bond motifs is 1. The molecule has 1 aromatic rings. The molecule has 4 heteroatoms. The fourth-order valence-corrected chi connectivity index (χ4v) is 2.38. The van der Waals surface area contributed by atoms with Gasteiger partial charge < -0.3 is 15.8 Å². The topological polar surface area (TPSA) is 64.3 Å². The van der Waals surface area contributed by atoms with Crippen molar-refractivity contribution in [3.63, 3.8) is 0 Å². The van der Waals surface area contributed by atoms with E-state index in [0.29, 0.717) is 6.42 Å². The summed E-state index contributed by atoms with van der Waals surface area (Å²) in [6, 6.07) is 4.06. The van der Waals surface area contributed by atoms with Crippen molar-refractivity contribution < 1.29 is 9.53 Å². The van der Waals surface area contributed by atoms with Crippen molar-refractivity contribution in [1.82, 2.24) is 0 Å². The quantitative estimate of drug-likeness (QED) is 0.823. The van der Waals surface area contributed by atoms with Crippen molar-refractivity contribution in [2.75, 3.05) is 12.4 Å². The number of benzene rings is 1. The molecule has 1 aromatic carbocycles. The van der Waals surface area contributed by atoms with Gasteiger partial charge in [-0.25, -0.2) is 0 Å². The minimum absolute atomic E-state index is 0.0186. The number of anilines is 1. The van der Waals surface area contributed by atoms with E-state index in [2.05, 4.69) is 11.4 Å². The van der Waals surface area contributed by atoms with E-state index in [4.69, 9.17) is 10.5 Å². The standard InChI is InChI=1S/C13H16N2O2/c1-17-10-5-8(7-13(14)2-3-13)4-9-6-11(16)15-12(9)10/h4-5H,2-3,6-7,14H2,1H3,(H,15,16). The van der Waals surface area contributed by atoms with Crippen LogP contribution in [0.25, 0.3) is 0 Å². The molecule has 1 aliphatic carbocycles. The lowest BCUT2D eigenvalue weighted by atomic mass is 10.0. The third-order valence-electron chi connectivity index (χ3n) is 3.53. The van der Waals surface area contributed by atoms with E-state index in [0.717, 1.165) is 41.8 Å². The fourth-order valence-electron chi connectivity index (χ4n) is 2.38. The van der Waals surface area contributed by atoms with Crippen molar-refractivity contribution in [3.05, 3.63) is 23.3 Å². The maximum absolute atomic E-state index is 11.4. The second kappa shape index (κ2) is 3.47. The molecule has 0 aromatic heterocycles. The molecule has 1 saturated carbocycles. The minimum atomic E-state index is -0.0186. The molecule has 1 amide bonds. The van der Waals surface area contributed by atoms with Gasteiger partial charge in [0.25, 0.3) is 0 Å². The van der Waals surface area contributed by atoms with Crippen molar-refractivity contribution in [1.29, 1.82) is 0 Å². The van der Waals surface area contributed by atoms with Crippen molar-refractivity contribution in [3.8, 4) is 5.75 Å². The molecule has 0 spiro atoms. The maximum atomic E-state index is 11.4. The average molecular weight is 232 g/mol. The van der Waals surface area contributed by atoms with Crippen LogP contribution in [-0.4, -0.2) is 18.6 Å². The van der Waals surface area contributed by atoms with Gasteiger partial charge in [-0.2, -0.15) is 0 Å². The summed E-state index contributed by atoms with van der Waals surface area (Å²) in [5.74, 6) is 0.775. The van der Waals surface area contributed by atoms with Crippen LogP contribution < -0.4 is 15.8 Å². The van der Waals surface area contributed by atoms with Crippen LogP contribution >= 0.6 is 0 Å². The predicted molar refractivity (Wildman–Crippen MR) is 65.2 cm³/mol. The highest BCUT2D eigenvalue weighted by Gasteiger charge is 2.38. The number of ether oxygens (including phenoxy) is 1. The highest BCUT2D eigenvalue weighted by atomic mass is 16.5. The van der Waals surface area contributed by atoms with E-state index < -0.39 is 0 Å². The number of amides is 1. The Morgan fingerprint density at radius 3 is 2.88 bits per heavy atom. The molecule has 2 aliphatic rings. The Balaban J connectivity index is 1.96. The highest BCUT2D eigenvalue weighted by molar-refractivity contribution is 6.01. The highest BCUT2D eigenvalue weighted by Crippen LogP contribution is 2.39. The fraction of sp³-hybridized carbons (Fsp3) is 0.462. The number of nitrogens with one attached hydrogen (secondary N) is 1. The van der Waals surface area contributed by atoms with Gasteiger partial charge in [0.05, 0.1) is 19.2 Å². The lowest BCUT2D eigenvalue weighted by Gasteiger charge is -2.13. The molecule has 1 aliphatic heterocycles. The molecule has 0 atom stereocenters. The summed E-state index contributed by atoms with van der Waals surface area (Å²) in [7, 11) is 1.62. The number of carbonyl (C=O) groups excluding carboxylic acids is 1. The average Bonchev–Trinajstić information content (AvgIpc) is 2.86. The number of hydrogen-bond donors (Lipinski definition) is 2. The van der Waals surface area contributed by atoms with Gasteiger partial charge >= 0.3 is 0 Å². The molecule has 90 valence electrons. The summed E-state index contributed by atoms with van der Waals surface area (Å²) in [4.78, 5) is 11.4. The summed E-state index contributed by atoms with van der Waals surface area (Å²) >= 11 is 0. The van der Waals surface area contributed by atoms with E-state index in [1.165, 1.54) is 0 Å². The summed E-state index contributed by atoms with van der Waals surface area (Å²) in [6.45, 7) is 0. The zero-order valence-electron chi connectivity index (χ0n) is 9.88. The van der Waals surface area contributed by atoms with Gasteiger partial charge in [-0.05, 0) is 36.5 Å². The minimum Gasteiger partial charge on any atom is -0.495 e. The van der Waals surface area contributed by atoms with Crippen LogP contribution in [0.15, 0.2) is 12.1 Å². The molecule has 0 unspecified atom stereocenters. The third-order valence-corrected chi connectivity index (χ3v) is 3.53. The van der Waals surface area contributed by atoms with Gasteiger partial charge in [-0.3, -0.25) is 4.79 Å². The molecule has 0 saturated heterocycles. The van der Waals surface area contributed by atoms with Gasteiger partial charge in [-0.15, -0.1) is 0 Å². The number of rotatable bonds is 3. The monoisotopic (exact) mass is 232 g/mol.